The van der Waals surface area contributed by atoms with Gasteiger partial charge < -0.3 is 9.47 Å². The Morgan fingerprint density at radius 2 is 2.00 bits per heavy atom. The van der Waals surface area contributed by atoms with Gasteiger partial charge in [-0.2, -0.15) is 0 Å². The Morgan fingerprint density at radius 1 is 1.27 bits per heavy atom. The molecule has 4 aliphatic rings. The van der Waals surface area contributed by atoms with Crippen LogP contribution in [0, 0.1) is 17.8 Å². The molecule has 30 heavy (non-hydrogen) atoms. The van der Waals surface area contributed by atoms with E-state index in [-0.39, 0.29) is 34.5 Å². The van der Waals surface area contributed by atoms with Crippen molar-refractivity contribution in [2.75, 3.05) is 0 Å². The first-order valence-corrected chi connectivity index (χ1v) is 10.3. The number of hydrogen-bond donors (Lipinski definition) is 0. The molecule has 6 heteroatoms. The molecule has 0 spiro atoms. The summed E-state index contributed by atoms with van der Waals surface area (Å²) in [7, 11) is 0. The third-order valence-corrected chi connectivity index (χ3v) is 6.45. The molecule has 0 amide bonds. The van der Waals surface area contributed by atoms with Gasteiger partial charge in [0, 0.05) is 17.1 Å². The minimum Gasteiger partial charge on any atom is -0.468 e. The Bertz CT molecular complexity index is 1030. The topological polar surface area (TPSA) is 86.7 Å². The molecule has 2 aliphatic carbocycles. The van der Waals surface area contributed by atoms with Gasteiger partial charge in [0.05, 0.1) is 12.2 Å². The van der Waals surface area contributed by atoms with Gasteiger partial charge in [-0.15, -0.1) is 0 Å². The predicted octanol–water partition coefficient (Wildman–Crippen LogP) is 3.30. The molecule has 4 rings (SSSR count). The standard InChI is InChI=1S/C24H24O6/c1-5-12(2)22(27)20-21-15-11-29-17(19-13(3)7-6-8-16(19)25)9-14(15)10-18(26)24(21,4)30-23(20)28/h6,8-13,19H,5,7H2,1-4H3/t12-,13-,19+,24-/m1/s1. The van der Waals surface area contributed by atoms with E-state index in [2.05, 4.69) is 0 Å². The number of carbonyl (C=O) groups excluding carboxylic acids is 4. The van der Waals surface area contributed by atoms with Gasteiger partial charge >= 0.3 is 5.97 Å². The molecule has 0 aromatic rings. The lowest BCUT2D eigenvalue weighted by Gasteiger charge is -2.33. The highest BCUT2D eigenvalue weighted by molar-refractivity contribution is 6.24. The van der Waals surface area contributed by atoms with E-state index in [1.54, 1.807) is 19.1 Å². The number of fused-ring (bicyclic) bond motifs is 3. The van der Waals surface area contributed by atoms with Crippen LogP contribution >= 0.6 is 0 Å². The number of hydrogen-bond acceptors (Lipinski definition) is 6. The lowest BCUT2D eigenvalue weighted by molar-refractivity contribution is -0.153. The number of esters is 1. The van der Waals surface area contributed by atoms with Crippen molar-refractivity contribution in [3.8, 4) is 0 Å². The zero-order valence-corrected chi connectivity index (χ0v) is 17.5. The van der Waals surface area contributed by atoms with Crippen LogP contribution < -0.4 is 0 Å². The third-order valence-electron chi connectivity index (χ3n) is 6.45. The maximum absolute atomic E-state index is 12.9. The molecule has 0 aromatic heterocycles. The third kappa shape index (κ3) is 2.85. The summed E-state index contributed by atoms with van der Waals surface area (Å²) < 4.78 is 11.3. The number of allylic oxidation sites excluding steroid dienone is 5. The smallest absolute Gasteiger partial charge is 0.343 e. The van der Waals surface area contributed by atoms with Crippen molar-refractivity contribution in [2.24, 2.45) is 17.8 Å². The van der Waals surface area contributed by atoms with Crippen LogP contribution in [0.2, 0.25) is 0 Å². The molecule has 0 saturated heterocycles. The summed E-state index contributed by atoms with van der Waals surface area (Å²) in [6.45, 7) is 7.08. The van der Waals surface area contributed by atoms with Crippen LogP contribution in [0.5, 0.6) is 0 Å². The molecule has 0 N–H and O–H groups in total. The monoisotopic (exact) mass is 408 g/mol. The van der Waals surface area contributed by atoms with Crippen LogP contribution in [0.25, 0.3) is 0 Å². The Kier molecular flexibility index (Phi) is 4.76. The summed E-state index contributed by atoms with van der Waals surface area (Å²) in [5.41, 5.74) is -0.363. The quantitative estimate of drug-likeness (QED) is 0.524. The molecule has 0 saturated carbocycles. The van der Waals surface area contributed by atoms with Gasteiger partial charge in [-0.25, -0.2) is 4.79 Å². The fourth-order valence-electron chi connectivity index (χ4n) is 4.41. The summed E-state index contributed by atoms with van der Waals surface area (Å²) in [6, 6.07) is 0. The average Bonchev–Trinajstić information content (AvgIpc) is 2.98. The summed E-state index contributed by atoms with van der Waals surface area (Å²) in [6.07, 6.45) is 9.23. The maximum Gasteiger partial charge on any atom is 0.343 e. The molecule has 2 aliphatic heterocycles. The van der Waals surface area contributed by atoms with Gasteiger partial charge in [-0.05, 0) is 49.5 Å². The largest absolute Gasteiger partial charge is 0.468 e. The number of Topliss-reactive ketones (excluding diaryl/α,β-unsaturated/α-hetero) is 1. The second-order valence-electron chi connectivity index (χ2n) is 8.50. The van der Waals surface area contributed by atoms with Crippen LogP contribution in [-0.4, -0.2) is 28.9 Å². The Morgan fingerprint density at radius 3 is 2.67 bits per heavy atom. The molecule has 0 unspecified atom stereocenters. The average molecular weight is 408 g/mol. The van der Waals surface area contributed by atoms with E-state index in [4.69, 9.17) is 9.47 Å². The van der Waals surface area contributed by atoms with Gasteiger partial charge in [0.1, 0.15) is 11.3 Å². The molecule has 2 heterocycles. The lowest BCUT2D eigenvalue weighted by Crippen LogP contribution is -2.41. The zero-order chi connectivity index (χ0) is 21.8. The SMILES string of the molecule is CC[C@@H](C)C(=O)C1=C2C3=COC([C@@H]4C(=O)C=CC[C@H]4C)=CC3=CC(=O)[C@@]2(C)OC1=O. The number of rotatable bonds is 4. The molecular formula is C24H24O6. The molecule has 6 nitrogen and oxygen atoms in total. The molecule has 4 atom stereocenters. The lowest BCUT2D eigenvalue weighted by atomic mass is 9.74. The predicted molar refractivity (Wildman–Crippen MR) is 108 cm³/mol. The fraction of sp³-hybridized carbons (Fsp3) is 0.417. The number of ketones is 3. The summed E-state index contributed by atoms with van der Waals surface area (Å²) in [4.78, 5) is 50.9. The highest BCUT2D eigenvalue weighted by Gasteiger charge is 2.55. The van der Waals surface area contributed by atoms with Crippen molar-refractivity contribution >= 4 is 23.3 Å². The minimum atomic E-state index is -1.55. The van der Waals surface area contributed by atoms with E-state index in [1.807, 2.05) is 19.9 Å². The molecule has 156 valence electrons. The van der Waals surface area contributed by atoms with E-state index in [0.29, 0.717) is 23.3 Å². The van der Waals surface area contributed by atoms with E-state index >= 15 is 0 Å². The first-order valence-electron chi connectivity index (χ1n) is 10.3. The van der Waals surface area contributed by atoms with E-state index < -0.39 is 23.3 Å². The van der Waals surface area contributed by atoms with Crippen LogP contribution in [0.15, 0.2) is 58.6 Å². The second kappa shape index (κ2) is 7.04. The van der Waals surface area contributed by atoms with Gasteiger partial charge in [0.15, 0.2) is 17.2 Å². The summed E-state index contributed by atoms with van der Waals surface area (Å²) >= 11 is 0. The van der Waals surface area contributed by atoms with Crippen LogP contribution in [-0.2, 0) is 28.7 Å². The Labute approximate surface area is 175 Å². The van der Waals surface area contributed by atoms with Crippen LogP contribution in [0.1, 0.15) is 40.5 Å². The van der Waals surface area contributed by atoms with Crippen molar-refractivity contribution in [1.82, 2.24) is 0 Å². The van der Waals surface area contributed by atoms with Crippen molar-refractivity contribution in [1.29, 1.82) is 0 Å². The number of ether oxygens (including phenoxy) is 2. The molecular weight excluding hydrogens is 384 g/mol. The van der Waals surface area contributed by atoms with Crippen LogP contribution in [0.4, 0.5) is 0 Å². The first-order chi connectivity index (χ1) is 14.2. The maximum atomic E-state index is 12.9. The van der Waals surface area contributed by atoms with Crippen molar-refractivity contribution in [3.05, 3.63) is 58.6 Å². The number of carbonyl (C=O) groups is 4. The van der Waals surface area contributed by atoms with E-state index in [1.165, 1.54) is 19.3 Å². The molecule has 0 aromatic carbocycles. The highest BCUT2D eigenvalue weighted by Crippen LogP contribution is 2.47. The Balaban J connectivity index is 1.82. The van der Waals surface area contributed by atoms with Crippen molar-refractivity contribution in [3.63, 3.8) is 0 Å². The van der Waals surface area contributed by atoms with Gasteiger partial charge in [0.25, 0.3) is 0 Å². The van der Waals surface area contributed by atoms with Crippen molar-refractivity contribution < 1.29 is 28.7 Å². The minimum absolute atomic E-state index is 0.0457. The van der Waals surface area contributed by atoms with E-state index in [9.17, 15) is 19.2 Å². The molecule has 0 fully saturated rings. The van der Waals surface area contributed by atoms with Gasteiger partial charge in [-0.1, -0.05) is 26.8 Å². The fourth-order valence-corrected chi connectivity index (χ4v) is 4.41. The Hall–Kier alpha value is -3.02. The highest BCUT2D eigenvalue weighted by atomic mass is 16.6. The van der Waals surface area contributed by atoms with Crippen LogP contribution in [0.3, 0.4) is 0 Å². The van der Waals surface area contributed by atoms with Gasteiger partial charge in [-0.3, -0.25) is 14.4 Å². The molecule has 0 radical (unpaired) electrons. The zero-order valence-electron chi connectivity index (χ0n) is 17.5. The second-order valence-corrected chi connectivity index (χ2v) is 8.50. The van der Waals surface area contributed by atoms with Gasteiger partial charge in [0.2, 0.25) is 5.78 Å². The first kappa shape index (κ1) is 20.3. The van der Waals surface area contributed by atoms with E-state index in [0.717, 1.165) is 6.42 Å². The molecule has 0 bridgehead atoms. The normalized spacial score (nSPS) is 31.2. The summed E-state index contributed by atoms with van der Waals surface area (Å²) in [5.74, 6) is -1.87. The van der Waals surface area contributed by atoms with Crippen molar-refractivity contribution in [2.45, 2.75) is 46.1 Å². The summed E-state index contributed by atoms with van der Waals surface area (Å²) in [5, 5.41) is 0.